The number of nitrogens with zero attached hydrogens (tertiary/aromatic N) is 3. The van der Waals surface area contributed by atoms with Gasteiger partial charge in [-0.05, 0) is 18.2 Å². The Labute approximate surface area is 120 Å². The summed E-state index contributed by atoms with van der Waals surface area (Å²) < 4.78 is 38.5. The Kier molecular flexibility index (Phi) is 3.20. The Morgan fingerprint density at radius 1 is 1.14 bits per heavy atom. The molecular weight excluding hydrogens is 303 g/mol. The van der Waals surface area contributed by atoms with E-state index in [0.29, 0.717) is 21.1 Å². The number of fused-ring (bicyclic) bond motifs is 1. The molecule has 1 aromatic carbocycles. The molecule has 0 fully saturated rings. The second-order valence-electron chi connectivity index (χ2n) is 4.13. The number of benzene rings is 1. The van der Waals surface area contributed by atoms with E-state index in [-0.39, 0.29) is 5.69 Å². The first-order valence-electron chi connectivity index (χ1n) is 5.74. The molecule has 0 spiro atoms. The molecule has 0 saturated carbocycles. The lowest BCUT2D eigenvalue weighted by Gasteiger charge is -2.11. The van der Waals surface area contributed by atoms with Crippen LogP contribution in [-0.4, -0.2) is 19.9 Å². The monoisotopic (exact) mass is 311 g/mol. The van der Waals surface area contributed by atoms with Gasteiger partial charge in [0, 0.05) is 10.6 Å². The third-order valence-corrected chi connectivity index (χ3v) is 3.73. The highest BCUT2D eigenvalue weighted by Crippen LogP contribution is 2.38. The lowest BCUT2D eigenvalue weighted by molar-refractivity contribution is -0.137. The molecule has 0 bridgehead atoms. The smallest absolute Gasteiger partial charge is 0.398 e. The zero-order valence-electron chi connectivity index (χ0n) is 10.3. The standard InChI is InChI=1S/C12H8F3N5S/c13-12(14,15)7-3-6(1-2-8(7)16)21-11-9-10(18-4-17-9)19-5-20-11/h1-5H,16H2,(H,17,18,19,20). The zero-order chi connectivity index (χ0) is 15.0. The number of alkyl halides is 3. The summed E-state index contributed by atoms with van der Waals surface area (Å²) in [6.45, 7) is 0. The summed E-state index contributed by atoms with van der Waals surface area (Å²) >= 11 is 1.08. The maximum atomic E-state index is 12.8. The Balaban J connectivity index is 2.01. The van der Waals surface area contributed by atoms with Gasteiger partial charge in [0.1, 0.15) is 16.9 Å². The van der Waals surface area contributed by atoms with E-state index in [9.17, 15) is 13.2 Å². The molecule has 0 aliphatic carbocycles. The van der Waals surface area contributed by atoms with Gasteiger partial charge in [0.05, 0.1) is 11.9 Å². The molecule has 0 radical (unpaired) electrons. The van der Waals surface area contributed by atoms with Crippen molar-refractivity contribution < 1.29 is 13.2 Å². The fourth-order valence-electron chi connectivity index (χ4n) is 1.78. The largest absolute Gasteiger partial charge is 0.418 e. The summed E-state index contributed by atoms with van der Waals surface area (Å²) in [5.41, 5.74) is 5.24. The van der Waals surface area contributed by atoms with Gasteiger partial charge in [-0.2, -0.15) is 13.2 Å². The molecule has 2 heterocycles. The molecule has 3 rings (SSSR count). The fraction of sp³-hybridized carbons (Fsp3) is 0.0833. The van der Waals surface area contributed by atoms with Gasteiger partial charge < -0.3 is 10.7 Å². The van der Waals surface area contributed by atoms with Crippen LogP contribution < -0.4 is 5.73 Å². The van der Waals surface area contributed by atoms with Gasteiger partial charge in [-0.25, -0.2) is 15.0 Å². The highest BCUT2D eigenvalue weighted by molar-refractivity contribution is 7.99. The van der Waals surface area contributed by atoms with Crippen LogP contribution in [-0.2, 0) is 6.18 Å². The number of rotatable bonds is 2. The Morgan fingerprint density at radius 3 is 2.71 bits per heavy atom. The third kappa shape index (κ3) is 2.64. The number of H-pyrrole nitrogens is 1. The maximum Gasteiger partial charge on any atom is 0.418 e. The molecular formula is C12H8F3N5S. The van der Waals surface area contributed by atoms with E-state index in [1.54, 1.807) is 0 Å². The van der Waals surface area contributed by atoms with E-state index in [1.807, 2.05) is 0 Å². The predicted octanol–water partition coefficient (Wildman–Crippen LogP) is 3.11. The van der Waals surface area contributed by atoms with Gasteiger partial charge in [-0.15, -0.1) is 0 Å². The molecule has 108 valence electrons. The molecule has 0 saturated heterocycles. The number of hydrogen-bond acceptors (Lipinski definition) is 5. The zero-order valence-corrected chi connectivity index (χ0v) is 11.2. The van der Waals surface area contributed by atoms with E-state index in [4.69, 9.17) is 5.73 Å². The lowest BCUT2D eigenvalue weighted by atomic mass is 10.2. The first-order valence-corrected chi connectivity index (χ1v) is 6.55. The van der Waals surface area contributed by atoms with E-state index in [1.165, 1.54) is 24.8 Å². The Bertz CT molecular complexity index is 799. The summed E-state index contributed by atoms with van der Waals surface area (Å²) in [6, 6.07) is 3.75. The van der Waals surface area contributed by atoms with Crippen molar-refractivity contribution in [1.29, 1.82) is 0 Å². The van der Waals surface area contributed by atoms with Crippen LogP contribution in [0.3, 0.4) is 0 Å². The van der Waals surface area contributed by atoms with Crippen molar-refractivity contribution in [3.05, 3.63) is 36.4 Å². The van der Waals surface area contributed by atoms with Crippen LogP contribution in [0.2, 0.25) is 0 Å². The van der Waals surface area contributed by atoms with Crippen LogP contribution in [0, 0.1) is 0 Å². The minimum absolute atomic E-state index is 0.304. The number of nitrogen functional groups attached to an aromatic ring is 1. The number of imidazole rings is 1. The van der Waals surface area contributed by atoms with Gasteiger partial charge in [0.2, 0.25) is 0 Å². The maximum absolute atomic E-state index is 12.8. The van der Waals surface area contributed by atoms with Crippen molar-refractivity contribution in [2.45, 2.75) is 16.1 Å². The van der Waals surface area contributed by atoms with Crippen LogP contribution in [0.15, 0.2) is 40.8 Å². The van der Waals surface area contributed by atoms with Crippen molar-refractivity contribution in [1.82, 2.24) is 19.9 Å². The molecule has 0 aliphatic heterocycles. The van der Waals surface area contributed by atoms with E-state index in [2.05, 4.69) is 19.9 Å². The van der Waals surface area contributed by atoms with Crippen molar-refractivity contribution in [3.8, 4) is 0 Å². The molecule has 21 heavy (non-hydrogen) atoms. The first kappa shape index (κ1) is 13.7. The lowest BCUT2D eigenvalue weighted by Crippen LogP contribution is -2.08. The summed E-state index contributed by atoms with van der Waals surface area (Å²) in [7, 11) is 0. The SMILES string of the molecule is Nc1ccc(Sc2ncnc3nc[nH]c23)cc1C(F)(F)F. The topological polar surface area (TPSA) is 80.5 Å². The number of aromatic amines is 1. The van der Waals surface area contributed by atoms with Gasteiger partial charge in [-0.3, -0.25) is 0 Å². The molecule has 0 aliphatic rings. The molecule has 2 aromatic heterocycles. The van der Waals surface area contributed by atoms with E-state index >= 15 is 0 Å². The Hall–Kier alpha value is -2.29. The molecule has 0 atom stereocenters. The van der Waals surface area contributed by atoms with Crippen LogP contribution in [0.1, 0.15) is 5.56 Å². The van der Waals surface area contributed by atoms with E-state index < -0.39 is 11.7 Å². The highest BCUT2D eigenvalue weighted by atomic mass is 32.2. The summed E-state index contributed by atoms with van der Waals surface area (Å²) in [5, 5.41) is 0.496. The summed E-state index contributed by atoms with van der Waals surface area (Å²) in [5.74, 6) is 0. The van der Waals surface area contributed by atoms with Gasteiger partial charge in [-0.1, -0.05) is 11.8 Å². The molecule has 9 heteroatoms. The average molecular weight is 311 g/mol. The molecule has 3 N–H and O–H groups in total. The van der Waals surface area contributed by atoms with Crippen molar-refractivity contribution in [2.24, 2.45) is 0 Å². The average Bonchev–Trinajstić information content (AvgIpc) is 2.89. The van der Waals surface area contributed by atoms with Crippen molar-refractivity contribution in [3.63, 3.8) is 0 Å². The summed E-state index contributed by atoms with van der Waals surface area (Å²) in [4.78, 5) is 15.2. The number of nitrogens with two attached hydrogens (primary N) is 1. The second-order valence-corrected chi connectivity index (χ2v) is 5.19. The fourth-order valence-corrected chi connectivity index (χ4v) is 2.66. The third-order valence-electron chi connectivity index (χ3n) is 2.73. The minimum Gasteiger partial charge on any atom is -0.398 e. The normalized spacial score (nSPS) is 12.0. The van der Waals surface area contributed by atoms with Gasteiger partial charge in [0.25, 0.3) is 0 Å². The van der Waals surface area contributed by atoms with Crippen LogP contribution in [0.5, 0.6) is 0 Å². The number of halogens is 3. The summed E-state index contributed by atoms with van der Waals surface area (Å²) in [6.07, 6.45) is -1.73. The number of nitrogens with one attached hydrogen (secondary N) is 1. The minimum atomic E-state index is -4.49. The molecule has 0 amide bonds. The van der Waals surface area contributed by atoms with Gasteiger partial charge >= 0.3 is 6.18 Å². The van der Waals surface area contributed by atoms with Crippen LogP contribution in [0.25, 0.3) is 11.2 Å². The predicted molar refractivity (Wildman–Crippen MR) is 71.7 cm³/mol. The van der Waals surface area contributed by atoms with Crippen molar-refractivity contribution in [2.75, 3.05) is 5.73 Å². The Morgan fingerprint density at radius 2 is 1.95 bits per heavy atom. The van der Waals surface area contributed by atoms with E-state index in [0.717, 1.165) is 17.8 Å². The second kappa shape index (κ2) is 4.92. The number of aromatic nitrogens is 4. The molecule has 0 unspecified atom stereocenters. The highest BCUT2D eigenvalue weighted by Gasteiger charge is 2.33. The molecule has 3 aromatic rings. The quantitative estimate of drug-likeness (QED) is 0.561. The number of hydrogen-bond donors (Lipinski definition) is 2. The van der Waals surface area contributed by atoms with Gasteiger partial charge in [0.15, 0.2) is 5.65 Å². The first-order chi connectivity index (χ1) is 9.95. The number of anilines is 1. The molecule has 5 nitrogen and oxygen atoms in total. The van der Waals surface area contributed by atoms with Crippen molar-refractivity contribution >= 4 is 28.6 Å². The van der Waals surface area contributed by atoms with Crippen LogP contribution in [0.4, 0.5) is 18.9 Å². The van der Waals surface area contributed by atoms with Crippen LogP contribution >= 0.6 is 11.8 Å².